The molecule has 0 atom stereocenters. The van der Waals surface area contributed by atoms with E-state index < -0.39 is 15.4 Å². The van der Waals surface area contributed by atoms with Crippen molar-refractivity contribution in [3.8, 4) is 5.75 Å². The number of rotatable bonds is 6. The molecule has 0 aliphatic rings. The van der Waals surface area contributed by atoms with E-state index in [9.17, 15) is 8.42 Å². The van der Waals surface area contributed by atoms with Crippen LogP contribution in [-0.2, 0) is 15.4 Å². The zero-order chi connectivity index (χ0) is 24.0. The molecule has 1 heterocycles. The Balaban J connectivity index is 1.88. The van der Waals surface area contributed by atoms with Gasteiger partial charge in [-0.25, -0.2) is 12.7 Å². The third kappa shape index (κ3) is 4.71. The van der Waals surface area contributed by atoms with Crippen LogP contribution in [-0.4, -0.2) is 21.8 Å². The van der Waals surface area contributed by atoms with Crippen LogP contribution in [0.1, 0.15) is 25.0 Å². The fourth-order valence-electron chi connectivity index (χ4n) is 3.86. The minimum atomic E-state index is -3.72. The molecule has 0 N–H and O–H groups in total. The molecule has 172 valence electrons. The molecule has 0 bridgehead atoms. The number of ether oxygens (including phenoxy) is 1. The van der Waals surface area contributed by atoms with Crippen molar-refractivity contribution in [3.05, 3.63) is 87.2 Å². The molecule has 8 heteroatoms. The molecule has 0 radical (unpaired) electrons. The Bertz CT molecular complexity index is 1430. The van der Waals surface area contributed by atoms with E-state index in [2.05, 4.69) is 13.8 Å². The van der Waals surface area contributed by atoms with E-state index in [1.807, 2.05) is 47.8 Å². The molecule has 0 saturated heterocycles. The molecular formula is C25H23Cl2NO3S2. The van der Waals surface area contributed by atoms with E-state index in [1.54, 1.807) is 36.6 Å². The van der Waals surface area contributed by atoms with Gasteiger partial charge in [-0.3, -0.25) is 0 Å². The van der Waals surface area contributed by atoms with Gasteiger partial charge in [0.15, 0.2) is 0 Å². The van der Waals surface area contributed by atoms with Crippen molar-refractivity contribution in [1.29, 1.82) is 0 Å². The van der Waals surface area contributed by atoms with Crippen molar-refractivity contribution >= 4 is 66.0 Å². The van der Waals surface area contributed by atoms with E-state index in [0.29, 0.717) is 21.4 Å². The molecule has 0 aliphatic carbocycles. The summed E-state index contributed by atoms with van der Waals surface area (Å²) in [4.78, 5) is 0. The van der Waals surface area contributed by atoms with E-state index in [1.165, 1.54) is 4.31 Å². The third-order valence-corrected chi connectivity index (χ3v) is 8.19. The Morgan fingerprint density at radius 3 is 2.27 bits per heavy atom. The van der Waals surface area contributed by atoms with Crippen molar-refractivity contribution in [3.63, 3.8) is 0 Å². The second-order valence-corrected chi connectivity index (χ2v) is 12.0. The topological polar surface area (TPSA) is 46.6 Å². The van der Waals surface area contributed by atoms with Crippen LogP contribution >= 0.6 is 34.5 Å². The number of fused-ring (bicyclic) bond motifs is 1. The molecule has 0 amide bonds. The van der Waals surface area contributed by atoms with Gasteiger partial charge in [0.1, 0.15) is 5.75 Å². The molecule has 4 nitrogen and oxygen atoms in total. The Labute approximate surface area is 208 Å². The molecule has 0 fully saturated rings. The number of thiophene rings is 1. The van der Waals surface area contributed by atoms with Gasteiger partial charge in [0.2, 0.25) is 10.0 Å². The lowest BCUT2D eigenvalue weighted by atomic mass is 9.78. The van der Waals surface area contributed by atoms with Crippen molar-refractivity contribution in [2.24, 2.45) is 0 Å². The van der Waals surface area contributed by atoms with E-state index >= 15 is 0 Å². The number of methoxy groups -OCH3 is 1. The average molecular weight is 521 g/mol. The Kier molecular flexibility index (Phi) is 6.40. The maximum atomic E-state index is 13.0. The molecule has 4 aromatic rings. The first-order chi connectivity index (χ1) is 15.5. The van der Waals surface area contributed by atoms with Gasteiger partial charge in [0.25, 0.3) is 0 Å². The molecule has 33 heavy (non-hydrogen) atoms. The lowest BCUT2D eigenvalue weighted by Crippen LogP contribution is -2.26. The van der Waals surface area contributed by atoms with Crippen LogP contribution in [0.15, 0.2) is 66.0 Å². The smallest absolute Gasteiger partial charge is 0.236 e. The van der Waals surface area contributed by atoms with E-state index in [4.69, 9.17) is 27.9 Å². The summed E-state index contributed by atoms with van der Waals surface area (Å²) in [6.45, 7) is 4.14. The summed E-state index contributed by atoms with van der Waals surface area (Å²) in [5.41, 5.74) is 2.28. The largest absolute Gasteiger partial charge is 0.497 e. The van der Waals surface area contributed by atoms with Gasteiger partial charge in [-0.1, -0.05) is 49.2 Å². The van der Waals surface area contributed by atoms with Crippen LogP contribution in [0, 0.1) is 0 Å². The maximum absolute atomic E-state index is 13.0. The minimum Gasteiger partial charge on any atom is -0.497 e. The zero-order valence-corrected chi connectivity index (χ0v) is 21.7. The molecule has 0 aliphatic heterocycles. The van der Waals surface area contributed by atoms with Gasteiger partial charge in [-0.15, -0.1) is 11.3 Å². The number of sulfonamides is 1. The number of benzene rings is 3. The standard InChI is InChI=1S/C25H23Cl2NO3S2/c1-25(2,17-5-7-21(31-3)8-6-17)18-12-19(26)14-20(13-18)28(33(4,29)30)23-11-16-9-10-32-24(16)15-22(23)27/h5-15H,1-4H3. The molecular weight excluding hydrogens is 497 g/mol. The monoisotopic (exact) mass is 519 g/mol. The molecule has 0 saturated carbocycles. The van der Waals surface area contributed by atoms with Crippen molar-refractivity contribution in [2.75, 3.05) is 17.7 Å². The predicted octanol–water partition coefficient (Wildman–Crippen LogP) is 7.64. The molecule has 0 unspecified atom stereocenters. The highest BCUT2D eigenvalue weighted by Crippen LogP contribution is 2.42. The van der Waals surface area contributed by atoms with Gasteiger partial charge in [0, 0.05) is 15.1 Å². The summed E-state index contributed by atoms with van der Waals surface area (Å²) in [5.74, 6) is 0.767. The Morgan fingerprint density at radius 2 is 1.64 bits per heavy atom. The van der Waals surface area contributed by atoms with Gasteiger partial charge in [-0.2, -0.15) is 0 Å². The second-order valence-electron chi connectivity index (χ2n) is 8.34. The highest BCUT2D eigenvalue weighted by Gasteiger charge is 2.28. The van der Waals surface area contributed by atoms with Gasteiger partial charge >= 0.3 is 0 Å². The lowest BCUT2D eigenvalue weighted by Gasteiger charge is -2.29. The van der Waals surface area contributed by atoms with Crippen molar-refractivity contribution < 1.29 is 13.2 Å². The molecule has 3 aromatic carbocycles. The van der Waals surface area contributed by atoms with Gasteiger partial charge in [-0.05, 0) is 70.4 Å². The Morgan fingerprint density at radius 1 is 0.939 bits per heavy atom. The first-order valence-electron chi connectivity index (χ1n) is 10.1. The fraction of sp³-hybridized carbons (Fsp3) is 0.200. The molecule has 0 spiro atoms. The Hall–Kier alpha value is -2.25. The quantitative estimate of drug-likeness (QED) is 0.263. The van der Waals surface area contributed by atoms with E-state index in [-0.39, 0.29) is 0 Å². The first-order valence-corrected chi connectivity index (χ1v) is 13.6. The number of nitrogens with zero attached hydrogens (tertiary/aromatic N) is 1. The average Bonchev–Trinajstić information content (AvgIpc) is 3.20. The van der Waals surface area contributed by atoms with Crippen LogP contribution in [0.2, 0.25) is 10.0 Å². The number of halogens is 2. The zero-order valence-electron chi connectivity index (χ0n) is 18.6. The van der Waals surface area contributed by atoms with Crippen LogP contribution in [0.4, 0.5) is 11.4 Å². The van der Waals surface area contributed by atoms with Crippen LogP contribution < -0.4 is 9.04 Å². The summed E-state index contributed by atoms with van der Waals surface area (Å²) < 4.78 is 33.5. The highest BCUT2D eigenvalue weighted by molar-refractivity contribution is 7.92. The number of hydrogen-bond acceptors (Lipinski definition) is 4. The minimum absolute atomic E-state index is 0.353. The summed E-state index contributed by atoms with van der Waals surface area (Å²) >= 11 is 14.6. The summed E-state index contributed by atoms with van der Waals surface area (Å²) in [6.07, 6.45) is 1.16. The number of anilines is 2. The molecule has 4 rings (SSSR count). The predicted molar refractivity (Wildman–Crippen MR) is 140 cm³/mol. The van der Waals surface area contributed by atoms with Crippen LogP contribution in [0.25, 0.3) is 10.1 Å². The van der Waals surface area contributed by atoms with Crippen LogP contribution in [0.5, 0.6) is 5.75 Å². The lowest BCUT2D eigenvalue weighted by molar-refractivity contribution is 0.414. The number of hydrogen-bond donors (Lipinski definition) is 0. The van der Waals surface area contributed by atoms with Crippen molar-refractivity contribution in [2.45, 2.75) is 19.3 Å². The fourth-order valence-corrected chi connectivity index (χ4v) is 6.26. The SMILES string of the molecule is COc1ccc(C(C)(C)c2cc(Cl)cc(N(c3cc4ccsc4cc3Cl)S(C)(=O)=O)c2)cc1. The first kappa shape index (κ1) is 23.9. The summed E-state index contributed by atoms with van der Waals surface area (Å²) in [5, 5.41) is 3.66. The van der Waals surface area contributed by atoms with Gasteiger partial charge in [0.05, 0.1) is 29.8 Å². The summed E-state index contributed by atoms with van der Waals surface area (Å²) in [7, 11) is -2.09. The van der Waals surface area contributed by atoms with Crippen molar-refractivity contribution in [1.82, 2.24) is 0 Å². The van der Waals surface area contributed by atoms with E-state index in [0.717, 1.165) is 33.2 Å². The summed E-state index contributed by atoms with van der Waals surface area (Å²) in [6, 6.07) is 18.7. The van der Waals surface area contributed by atoms with Gasteiger partial charge < -0.3 is 4.74 Å². The maximum Gasteiger partial charge on any atom is 0.236 e. The third-order valence-electron chi connectivity index (χ3n) is 5.72. The van der Waals surface area contributed by atoms with Crippen LogP contribution in [0.3, 0.4) is 0 Å². The normalized spacial score (nSPS) is 12.2. The second kappa shape index (κ2) is 8.84. The highest BCUT2D eigenvalue weighted by atomic mass is 35.5. The molecule has 1 aromatic heterocycles.